The minimum absolute atomic E-state index is 0.657. The lowest BCUT2D eigenvalue weighted by molar-refractivity contribution is 0.792. The van der Waals surface area contributed by atoms with Crippen molar-refractivity contribution in [3.05, 3.63) is 36.5 Å². The molecule has 0 radical (unpaired) electrons. The smallest absolute Gasteiger partial charge is 0.182 e. The van der Waals surface area contributed by atoms with E-state index in [0.717, 1.165) is 35.5 Å². The van der Waals surface area contributed by atoms with Crippen LogP contribution < -0.4 is 5.43 Å². The van der Waals surface area contributed by atoms with Crippen molar-refractivity contribution >= 4 is 11.2 Å². The maximum atomic E-state index is 4.61. The fraction of sp³-hybridized carbons (Fsp3) is 0.286. The third-order valence-electron chi connectivity index (χ3n) is 3.01. The Kier molecular flexibility index (Phi) is 3.28. The fourth-order valence-electron chi connectivity index (χ4n) is 2.03. The number of imidazole rings is 1. The number of rotatable bonds is 4. The highest BCUT2D eigenvalue weighted by Crippen LogP contribution is 2.17. The molecule has 0 unspecified atom stereocenters. The van der Waals surface area contributed by atoms with E-state index in [9.17, 15) is 0 Å². The van der Waals surface area contributed by atoms with Crippen LogP contribution in [0.3, 0.4) is 0 Å². The molecular formula is C14H16N6. The molecule has 3 rings (SSSR count). The molecule has 0 aliphatic heterocycles. The van der Waals surface area contributed by atoms with Crippen molar-refractivity contribution in [1.82, 2.24) is 24.6 Å². The van der Waals surface area contributed by atoms with Gasteiger partial charge < -0.3 is 5.43 Å². The molecule has 3 heterocycles. The van der Waals surface area contributed by atoms with Gasteiger partial charge in [0.15, 0.2) is 11.5 Å². The number of hydrogen-bond donors (Lipinski definition) is 1. The lowest BCUT2D eigenvalue weighted by Gasteiger charge is -2.08. The van der Waals surface area contributed by atoms with E-state index in [1.165, 1.54) is 0 Å². The number of pyridine rings is 1. The Hall–Kier alpha value is -2.50. The van der Waals surface area contributed by atoms with Crippen LogP contribution in [0.4, 0.5) is 0 Å². The standard InChI is InChI=1S/C14H16N6/c1-3-6-17-20-10(2)18-12-9-16-13(19-14(12)20)11-5-4-7-15-8-11/h4-5,7-9,17H,3,6H2,1-2H3. The summed E-state index contributed by atoms with van der Waals surface area (Å²) in [7, 11) is 0. The van der Waals surface area contributed by atoms with Crippen LogP contribution in [0, 0.1) is 6.92 Å². The minimum Gasteiger partial charge on any atom is -0.323 e. The summed E-state index contributed by atoms with van der Waals surface area (Å²) in [5.74, 6) is 1.54. The van der Waals surface area contributed by atoms with Gasteiger partial charge >= 0.3 is 0 Å². The molecule has 3 aromatic heterocycles. The Morgan fingerprint density at radius 3 is 2.90 bits per heavy atom. The van der Waals surface area contributed by atoms with Gasteiger partial charge in [0.25, 0.3) is 0 Å². The molecule has 0 aromatic carbocycles. The molecule has 6 heteroatoms. The van der Waals surface area contributed by atoms with E-state index in [0.29, 0.717) is 5.82 Å². The Bertz CT molecular complexity index is 719. The van der Waals surface area contributed by atoms with Gasteiger partial charge in [0.1, 0.15) is 11.3 Å². The zero-order chi connectivity index (χ0) is 13.9. The maximum absolute atomic E-state index is 4.61. The monoisotopic (exact) mass is 268 g/mol. The van der Waals surface area contributed by atoms with E-state index < -0.39 is 0 Å². The highest BCUT2D eigenvalue weighted by Gasteiger charge is 2.11. The third kappa shape index (κ3) is 2.20. The highest BCUT2D eigenvalue weighted by atomic mass is 15.4. The zero-order valence-electron chi connectivity index (χ0n) is 11.5. The van der Waals surface area contributed by atoms with Crippen molar-refractivity contribution in [3.8, 4) is 11.4 Å². The predicted molar refractivity (Wildman–Crippen MR) is 77.8 cm³/mol. The summed E-state index contributed by atoms with van der Waals surface area (Å²) in [6.45, 7) is 4.95. The van der Waals surface area contributed by atoms with Crippen LogP contribution in [-0.4, -0.2) is 31.2 Å². The molecular weight excluding hydrogens is 252 g/mol. The minimum atomic E-state index is 0.657. The van der Waals surface area contributed by atoms with E-state index in [-0.39, 0.29) is 0 Å². The molecule has 0 amide bonds. The van der Waals surface area contributed by atoms with Gasteiger partial charge in [0, 0.05) is 24.5 Å². The number of aryl methyl sites for hydroxylation is 1. The molecule has 0 saturated heterocycles. The average Bonchev–Trinajstić information content (AvgIpc) is 2.80. The van der Waals surface area contributed by atoms with Crippen molar-refractivity contribution in [3.63, 3.8) is 0 Å². The average molecular weight is 268 g/mol. The lowest BCUT2D eigenvalue weighted by atomic mass is 10.3. The summed E-state index contributed by atoms with van der Waals surface area (Å²) in [5, 5.41) is 0. The van der Waals surface area contributed by atoms with Crippen molar-refractivity contribution in [2.24, 2.45) is 0 Å². The first-order valence-corrected chi connectivity index (χ1v) is 6.66. The Labute approximate surface area is 116 Å². The topological polar surface area (TPSA) is 68.5 Å². The Morgan fingerprint density at radius 2 is 2.15 bits per heavy atom. The molecule has 6 nitrogen and oxygen atoms in total. The number of nitrogens with zero attached hydrogens (tertiary/aromatic N) is 5. The molecule has 1 N–H and O–H groups in total. The van der Waals surface area contributed by atoms with Gasteiger partial charge in [-0.25, -0.2) is 19.6 Å². The molecule has 0 bridgehead atoms. The molecule has 20 heavy (non-hydrogen) atoms. The maximum Gasteiger partial charge on any atom is 0.182 e. The first-order chi connectivity index (χ1) is 9.79. The van der Waals surface area contributed by atoms with Crippen LogP contribution >= 0.6 is 0 Å². The predicted octanol–water partition coefficient (Wildman–Crippen LogP) is 2.15. The van der Waals surface area contributed by atoms with Gasteiger partial charge in [0.2, 0.25) is 0 Å². The molecule has 0 saturated carbocycles. The van der Waals surface area contributed by atoms with Gasteiger partial charge in [0.05, 0.1) is 6.20 Å². The molecule has 0 spiro atoms. The first kappa shape index (κ1) is 12.5. The van der Waals surface area contributed by atoms with Gasteiger partial charge in [-0.3, -0.25) is 4.98 Å². The lowest BCUT2D eigenvalue weighted by Crippen LogP contribution is -2.17. The zero-order valence-corrected chi connectivity index (χ0v) is 11.5. The Balaban J connectivity index is 2.09. The van der Waals surface area contributed by atoms with Crippen molar-refractivity contribution in [2.45, 2.75) is 20.3 Å². The molecule has 102 valence electrons. The van der Waals surface area contributed by atoms with E-state index in [1.54, 1.807) is 18.6 Å². The van der Waals surface area contributed by atoms with Crippen molar-refractivity contribution < 1.29 is 0 Å². The third-order valence-corrected chi connectivity index (χ3v) is 3.01. The van der Waals surface area contributed by atoms with E-state index in [1.807, 2.05) is 23.7 Å². The number of hydrogen-bond acceptors (Lipinski definition) is 5. The van der Waals surface area contributed by atoms with Gasteiger partial charge in [-0.2, -0.15) is 0 Å². The van der Waals surface area contributed by atoms with Crippen LogP contribution in [0.5, 0.6) is 0 Å². The summed E-state index contributed by atoms with van der Waals surface area (Å²) in [5.41, 5.74) is 5.80. The molecule has 0 atom stereocenters. The van der Waals surface area contributed by atoms with E-state index >= 15 is 0 Å². The van der Waals surface area contributed by atoms with Crippen LogP contribution in [0.1, 0.15) is 19.2 Å². The number of nitrogens with one attached hydrogen (secondary N) is 1. The van der Waals surface area contributed by atoms with E-state index in [4.69, 9.17) is 0 Å². The largest absolute Gasteiger partial charge is 0.323 e. The highest BCUT2D eigenvalue weighted by molar-refractivity contribution is 5.73. The summed E-state index contributed by atoms with van der Waals surface area (Å²) in [4.78, 5) is 17.5. The molecule has 3 aromatic rings. The van der Waals surface area contributed by atoms with Crippen LogP contribution in [0.25, 0.3) is 22.6 Å². The number of fused-ring (bicyclic) bond motifs is 1. The molecule has 0 fully saturated rings. The van der Waals surface area contributed by atoms with Gasteiger partial charge in [-0.05, 0) is 25.5 Å². The van der Waals surface area contributed by atoms with Crippen LogP contribution in [0.15, 0.2) is 30.7 Å². The fourth-order valence-corrected chi connectivity index (χ4v) is 2.03. The summed E-state index contributed by atoms with van der Waals surface area (Å²) in [6.07, 6.45) is 6.29. The quantitative estimate of drug-likeness (QED) is 0.785. The Morgan fingerprint density at radius 1 is 1.25 bits per heavy atom. The SMILES string of the molecule is CCCNn1c(C)nc2cnc(-c3cccnc3)nc21. The van der Waals surface area contributed by atoms with Gasteiger partial charge in [-0.1, -0.05) is 6.92 Å². The molecule has 0 aliphatic carbocycles. The van der Waals surface area contributed by atoms with Crippen molar-refractivity contribution in [1.29, 1.82) is 0 Å². The second kappa shape index (κ2) is 5.24. The van der Waals surface area contributed by atoms with Crippen LogP contribution in [-0.2, 0) is 0 Å². The summed E-state index contributed by atoms with van der Waals surface area (Å²) in [6, 6.07) is 3.82. The second-order valence-electron chi connectivity index (χ2n) is 4.55. The summed E-state index contributed by atoms with van der Waals surface area (Å²) < 4.78 is 1.92. The van der Waals surface area contributed by atoms with Crippen LogP contribution in [0.2, 0.25) is 0 Å². The second-order valence-corrected chi connectivity index (χ2v) is 4.55. The van der Waals surface area contributed by atoms with Gasteiger partial charge in [-0.15, -0.1) is 0 Å². The first-order valence-electron chi connectivity index (χ1n) is 6.66. The van der Waals surface area contributed by atoms with E-state index in [2.05, 4.69) is 32.3 Å². The summed E-state index contributed by atoms with van der Waals surface area (Å²) >= 11 is 0. The molecule has 0 aliphatic rings. The number of aromatic nitrogens is 5. The normalized spacial score (nSPS) is 10.9. The van der Waals surface area contributed by atoms with Crippen molar-refractivity contribution in [2.75, 3.05) is 12.0 Å².